The van der Waals surface area contributed by atoms with Crippen molar-refractivity contribution < 1.29 is 19.7 Å². The van der Waals surface area contributed by atoms with Crippen LogP contribution in [0.2, 0.25) is 0 Å². The quantitative estimate of drug-likeness (QED) is 0.144. The fourth-order valence-electron chi connectivity index (χ4n) is 9.31. The maximum atomic E-state index is 12.1. The average molecular weight is 831 g/mol. The molecule has 2 aromatic heterocycles. The molecule has 9 aromatic carbocycles. The summed E-state index contributed by atoms with van der Waals surface area (Å²) in [4.78, 5) is 0. The van der Waals surface area contributed by atoms with Gasteiger partial charge >= 0.3 is 0 Å². The van der Waals surface area contributed by atoms with Gasteiger partial charge in [0.2, 0.25) is 0 Å². The van der Waals surface area contributed by atoms with Gasteiger partial charge in [-0.15, -0.1) is 0 Å². The van der Waals surface area contributed by atoms with Crippen molar-refractivity contribution in [2.45, 2.75) is 27.1 Å². The van der Waals surface area contributed by atoms with E-state index in [1.165, 1.54) is 0 Å². The number of benzene rings is 8. The van der Waals surface area contributed by atoms with Gasteiger partial charge in [-0.2, -0.15) is 0 Å². The van der Waals surface area contributed by atoms with E-state index >= 15 is 0 Å². The first-order chi connectivity index (χ1) is 31.4. The van der Waals surface area contributed by atoms with Gasteiger partial charge in [-0.3, -0.25) is 0 Å². The Balaban J connectivity index is 0.864. The fourth-order valence-corrected chi connectivity index (χ4v) is 9.31. The Hall–Kier alpha value is -8.40. The van der Waals surface area contributed by atoms with Crippen molar-refractivity contribution in [3.8, 4) is 56.6 Å². The summed E-state index contributed by atoms with van der Waals surface area (Å²) < 4.78 is 17.4. The zero-order chi connectivity index (χ0) is 43.3. The molecular weight excluding hydrogens is 789 g/mol. The summed E-state index contributed by atoms with van der Waals surface area (Å²) in [5.41, 5.74) is 12.3. The van der Waals surface area contributed by atoms with Gasteiger partial charge < -0.3 is 28.8 Å². The standard InChI is InChI=1S/C58H42N2O4/c1-37-32-47(57(61)53(33-37)60-50-26-11-5-20-43(50)44-21-6-12-27-51(44)60)45-22-7-13-28-54(45)63-35-39-16-15-17-40(34-39)36-64-55-29-14-8-23-46(55)56-38(2)30-31-52(58(56)62)59-48-24-9-3-18-41(48)42-19-4-10-25-49(42)59/h3,5-18,20-34,61-62H,35-36H2,1-2H3. The summed E-state index contributed by atoms with van der Waals surface area (Å²) in [6, 6.07) is 67.1. The van der Waals surface area contributed by atoms with Gasteiger partial charge in [0.15, 0.2) is 0 Å². The van der Waals surface area contributed by atoms with Crippen LogP contribution in [-0.2, 0) is 13.2 Å². The zero-order valence-electron chi connectivity index (χ0n) is 35.3. The summed E-state index contributed by atoms with van der Waals surface area (Å²) >= 11 is 0. The number of fused-ring (bicyclic) bond motifs is 6. The molecule has 308 valence electrons. The number of hydrogen-bond acceptors (Lipinski definition) is 4. The molecule has 0 amide bonds. The molecule has 2 heterocycles. The van der Waals surface area contributed by atoms with Gasteiger partial charge in [0.1, 0.15) is 36.2 Å². The van der Waals surface area contributed by atoms with Crippen molar-refractivity contribution in [3.05, 3.63) is 216 Å². The third-order valence-electron chi connectivity index (χ3n) is 12.2. The molecule has 64 heavy (non-hydrogen) atoms. The highest BCUT2D eigenvalue weighted by Gasteiger charge is 2.22. The Labute approximate surface area is 371 Å². The normalized spacial score (nSPS) is 11.4. The van der Waals surface area contributed by atoms with Gasteiger partial charge in [0.05, 0.1) is 38.8 Å². The largest absolute Gasteiger partial charge is 0.505 e. The maximum Gasteiger partial charge on any atom is 0.147 e. The van der Waals surface area contributed by atoms with E-state index in [2.05, 4.69) is 82.8 Å². The fraction of sp³-hybridized carbons (Fsp3) is 0.0690. The first-order valence-corrected chi connectivity index (χ1v) is 21.4. The topological polar surface area (TPSA) is 68.8 Å². The second kappa shape index (κ2) is 15.8. The Kier molecular flexibility index (Phi) is 9.52. The van der Waals surface area contributed by atoms with Gasteiger partial charge in [-0.1, -0.05) is 127 Å². The molecule has 0 bridgehead atoms. The molecule has 6 heteroatoms. The van der Waals surface area contributed by atoms with E-state index in [0.29, 0.717) is 41.5 Å². The number of para-hydroxylation sites is 5. The van der Waals surface area contributed by atoms with Gasteiger partial charge in [0.25, 0.3) is 0 Å². The first kappa shape index (κ1) is 38.5. The second-order valence-corrected chi connectivity index (χ2v) is 16.3. The number of phenolic OH excluding ortho intramolecular Hbond substituents is 2. The number of ether oxygens (including phenoxy) is 2. The van der Waals surface area contributed by atoms with E-state index < -0.39 is 0 Å². The highest BCUT2D eigenvalue weighted by molar-refractivity contribution is 6.10. The van der Waals surface area contributed by atoms with Crippen LogP contribution in [0.3, 0.4) is 0 Å². The van der Waals surface area contributed by atoms with Crippen molar-refractivity contribution in [1.82, 2.24) is 9.13 Å². The van der Waals surface area contributed by atoms with Crippen LogP contribution in [0.4, 0.5) is 0 Å². The van der Waals surface area contributed by atoms with E-state index in [0.717, 1.165) is 82.7 Å². The Morgan fingerprint density at radius 3 is 1.72 bits per heavy atom. The molecule has 0 aliphatic carbocycles. The number of hydrogen-bond donors (Lipinski definition) is 2. The first-order valence-electron chi connectivity index (χ1n) is 21.4. The van der Waals surface area contributed by atoms with Crippen LogP contribution in [0.25, 0.3) is 77.2 Å². The SMILES string of the molecule is Cc1cc(-c2ccccc2OCc2cccc(COc3ccccc3-c3c(C)ccc(-n4c5ccc#cc5c5ccccc54)c3O)c2)c(O)c(-n2c3ccccc3c3ccccc32)c1. The molecule has 11 rings (SSSR count). The number of aromatic nitrogens is 2. The molecule has 2 N–H and O–H groups in total. The lowest BCUT2D eigenvalue weighted by Crippen LogP contribution is -2.02. The van der Waals surface area contributed by atoms with Gasteiger partial charge in [-0.05, 0) is 103 Å². The molecule has 0 spiro atoms. The van der Waals surface area contributed by atoms with E-state index in [-0.39, 0.29) is 11.5 Å². The molecule has 11 aromatic rings. The van der Waals surface area contributed by atoms with Crippen molar-refractivity contribution in [2.75, 3.05) is 0 Å². The third-order valence-corrected chi connectivity index (χ3v) is 12.2. The van der Waals surface area contributed by atoms with Crippen molar-refractivity contribution in [1.29, 1.82) is 0 Å². The molecule has 0 fully saturated rings. The van der Waals surface area contributed by atoms with E-state index in [9.17, 15) is 10.2 Å². The Morgan fingerprint density at radius 1 is 0.469 bits per heavy atom. The summed E-state index contributed by atoms with van der Waals surface area (Å²) in [7, 11) is 0. The predicted octanol–water partition coefficient (Wildman–Crippen LogP) is 14.0. The minimum atomic E-state index is 0.174. The highest BCUT2D eigenvalue weighted by Crippen LogP contribution is 2.45. The zero-order valence-corrected chi connectivity index (χ0v) is 35.3. The molecule has 0 aliphatic heterocycles. The average Bonchev–Trinajstić information content (AvgIpc) is 3.84. The van der Waals surface area contributed by atoms with E-state index in [1.807, 2.05) is 134 Å². The van der Waals surface area contributed by atoms with Gasteiger partial charge in [0, 0.05) is 38.4 Å². The van der Waals surface area contributed by atoms with E-state index in [4.69, 9.17) is 9.47 Å². The minimum absolute atomic E-state index is 0.174. The predicted molar refractivity (Wildman–Crippen MR) is 258 cm³/mol. The number of rotatable bonds is 10. The lowest BCUT2D eigenvalue weighted by Gasteiger charge is -2.18. The summed E-state index contributed by atoms with van der Waals surface area (Å²) in [6.07, 6.45) is 0. The molecule has 0 unspecified atom stereocenters. The molecule has 0 radical (unpaired) electrons. The number of aromatic hydroxyl groups is 2. The second-order valence-electron chi connectivity index (χ2n) is 16.3. The summed E-state index contributed by atoms with van der Waals surface area (Å²) in [6.45, 7) is 4.69. The van der Waals surface area contributed by atoms with Crippen LogP contribution >= 0.6 is 0 Å². The molecule has 6 nitrogen and oxygen atoms in total. The van der Waals surface area contributed by atoms with Crippen LogP contribution < -0.4 is 9.47 Å². The van der Waals surface area contributed by atoms with Gasteiger partial charge in [-0.25, -0.2) is 0 Å². The van der Waals surface area contributed by atoms with Crippen LogP contribution in [0, 0.1) is 26.0 Å². The Bertz CT molecular complexity index is 3470. The summed E-state index contributed by atoms with van der Waals surface area (Å²) in [5.74, 6) is 1.69. The lowest BCUT2D eigenvalue weighted by atomic mass is 9.97. The monoisotopic (exact) mass is 830 g/mol. The molecular formula is C58H42N2O4. The third kappa shape index (κ3) is 6.54. The van der Waals surface area contributed by atoms with Crippen LogP contribution in [0.1, 0.15) is 22.3 Å². The number of nitrogens with zero attached hydrogens (tertiary/aromatic N) is 2. The van der Waals surface area contributed by atoms with Crippen molar-refractivity contribution >= 4 is 43.6 Å². The van der Waals surface area contributed by atoms with Crippen LogP contribution in [0.15, 0.2) is 182 Å². The van der Waals surface area contributed by atoms with E-state index in [1.54, 1.807) is 0 Å². The number of aryl methyl sites for hydroxylation is 2. The Morgan fingerprint density at radius 2 is 1.03 bits per heavy atom. The molecule has 0 aliphatic rings. The molecule has 0 saturated heterocycles. The molecule has 0 atom stereocenters. The summed E-state index contributed by atoms with van der Waals surface area (Å²) in [5, 5.41) is 28.5. The minimum Gasteiger partial charge on any atom is -0.505 e. The molecule has 0 saturated carbocycles. The van der Waals surface area contributed by atoms with Crippen molar-refractivity contribution in [3.63, 3.8) is 0 Å². The smallest absolute Gasteiger partial charge is 0.147 e. The lowest BCUT2D eigenvalue weighted by molar-refractivity contribution is 0.301. The van der Waals surface area contributed by atoms with Crippen LogP contribution in [0.5, 0.6) is 23.0 Å². The van der Waals surface area contributed by atoms with Crippen molar-refractivity contribution in [2.24, 2.45) is 0 Å². The number of phenols is 2. The highest BCUT2D eigenvalue weighted by atomic mass is 16.5. The maximum absolute atomic E-state index is 12.1. The van der Waals surface area contributed by atoms with Crippen LogP contribution in [-0.4, -0.2) is 19.3 Å².